The zero-order valence-corrected chi connectivity index (χ0v) is 15.0. The summed E-state index contributed by atoms with van der Waals surface area (Å²) in [6.07, 6.45) is 7.53. The summed E-state index contributed by atoms with van der Waals surface area (Å²) in [4.78, 5) is 12.4. The number of imidazole rings is 1. The fraction of sp³-hybridized carbons (Fsp3) is 0.0435. The molecule has 0 saturated heterocycles. The third kappa shape index (κ3) is 3.65. The smallest absolute Gasteiger partial charge is 0.131 e. The quantitative estimate of drug-likeness (QED) is 0.528. The Labute approximate surface area is 158 Å². The zero-order valence-electron chi connectivity index (χ0n) is 15.0. The molecule has 0 aliphatic rings. The van der Waals surface area contributed by atoms with Gasteiger partial charge in [0.2, 0.25) is 0 Å². The van der Waals surface area contributed by atoms with E-state index in [2.05, 4.69) is 22.1 Å². The molecular formula is C23H19N3O. The highest BCUT2D eigenvalue weighted by Crippen LogP contribution is 2.30. The topological polar surface area (TPSA) is 50.8 Å². The first-order chi connectivity index (χ1) is 13.3. The van der Waals surface area contributed by atoms with Gasteiger partial charge in [0.25, 0.3) is 0 Å². The molecule has 0 unspecified atom stereocenters. The van der Waals surface area contributed by atoms with Crippen molar-refractivity contribution in [1.82, 2.24) is 15.0 Å². The number of methoxy groups -OCH3 is 1. The number of hydrogen-bond acceptors (Lipinski definition) is 3. The van der Waals surface area contributed by atoms with Crippen LogP contribution in [0, 0.1) is 0 Å². The maximum atomic E-state index is 5.41. The first-order valence-corrected chi connectivity index (χ1v) is 8.72. The second-order valence-corrected chi connectivity index (χ2v) is 6.02. The fourth-order valence-corrected chi connectivity index (χ4v) is 2.98. The molecule has 4 aromatic rings. The highest BCUT2D eigenvalue weighted by Gasteiger charge is 2.13. The molecule has 0 bridgehead atoms. The molecule has 132 valence electrons. The van der Waals surface area contributed by atoms with Gasteiger partial charge in [0, 0.05) is 29.1 Å². The number of H-pyrrole nitrogens is 1. The number of nitrogens with zero attached hydrogens (tertiary/aromatic N) is 2. The van der Waals surface area contributed by atoms with Crippen molar-refractivity contribution in [2.75, 3.05) is 7.11 Å². The number of nitrogens with one attached hydrogen (secondary N) is 1. The Morgan fingerprint density at radius 2 is 1.56 bits per heavy atom. The van der Waals surface area contributed by atoms with Gasteiger partial charge in [-0.1, -0.05) is 48.5 Å². The Hall–Kier alpha value is -3.66. The van der Waals surface area contributed by atoms with Crippen LogP contribution in [0.2, 0.25) is 0 Å². The molecule has 2 heterocycles. The Bertz CT molecular complexity index is 996. The molecule has 4 rings (SSSR count). The van der Waals surface area contributed by atoms with Crippen LogP contribution in [0.4, 0.5) is 0 Å². The lowest BCUT2D eigenvalue weighted by atomic mass is 10.1. The van der Waals surface area contributed by atoms with Crippen molar-refractivity contribution in [3.05, 3.63) is 90.5 Å². The largest absolute Gasteiger partial charge is 0.496 e. The summed E-state index contributed by atoms with van der Waals surface area (Å²) in [5.74, 6) is 1.62. The molecule has 0 radical (unpaired) electrons. The molecule has 0 spiro atoms. The Balaban J connectivity index is 1.77. The number of ether oxygens (including phenoxy) is 1. The minimum atomic E-state index is 0.784. The SMILES string of the molecule is COc1ccccc1/C=C/c1nc(-c2ccncc2)c(-c2ccccc2)[nH]1. The minimum absolute atomic E-state index is 0.784. The number of rotatable bonds is 5. The van der Waals surface area contributed by atoms with E-state index in [0.29, 0.717) is 0 Å². The van der Waals surface area contributed by atoms with Crippen LogP contribution in [-0.4, -0.2) is 22.1 Å². The van der Waals surface area contributed by atoms with Crippen molar-refractivity contribution >= 4 is 12.2 Å². The molecule has 0 fully saturated rings. The number of pyridine rings is 1. The number of aromatic nitrogens is 3. The predicted octanol–water partition coefficient (Wildman–Crippen LogP) is 5.32. The van der Waals surface area contributed by atoms with Crippen LogP contribution in [-0.2, 0) is 0 Å². The van der Waals surface area contributed by atoms with Crippen molar-refractivity contribution in [3.8, 4) is 28.3 Å². The number of aromatic amines is 1. The van der Waals surface area contributed by atoms with E-state index < -0.39 is 0 Å². The summed E-state index contributed by atoms with van der Waals surface area (Å²) in [6, 6.07) is 22.0. The Morgan fingerprint density at radius 1 is 0.815 bits per heavy atom. The molecule has 0 aliphatic carbocycles. The van der Waals surface area contributed by atoms with Gasteiger partial charge in [-0.15, -0.1) is 0 Å². The van der Waals surface area contributed by atoms with Crippen LogP contribution in [0.15, 0.2) is 79.1 Å². The van der Waals surface area contributed by atoms with E-state index in [9.17, 15) is 0 Å². The lowest BCUT2D eigenvalue weighted by Crippen LogP contribution is -1.85. The van der Waals surface area contributed by atoms with Gasteiger partial charge in [-0.05, 0) is 30.4 Å². The number of benzene rings is 2. The normalized spacial score (nSPS) is 11.0. The van der Waals surface area contributed by atoms with Gasteiger partial charge in [0.1, 0.15) is 11.6 Å². The summed E-state index contributed by atoms with van der Waals surface area (Å²) in [5, 5.41) is 0. The fourth-order valence-electron chi connectivity index (χ4n) is 2.98. The van der Waals surface area contributed by atoms with Crippen molar-refractivity contribution in [3.63, 3.8) is 0 Å². The van der Waals surface area contributed by atoms with Crippen LogP contribution in [0.1, 0.15) is 11.4 Å². The summed E-state index contributed by atoms with van der Waals surface area (Å²) >= 11 is 0. The predicted molar refractivity (Wildman–Crippen MR) is 109 cm³/mol. The third-order valence-corrected chi connectivity index (χ3v) is 4.30. The number of para-hydroxylation sites is 1. The molecule has 4 nitrogen and oxygen atoms in total. The molecule has 27 heavy (non-hydrogen) atoms. The Morgan fingerprint density at radius 3 is 2.33 bits per heavy atom. The van der Waals surface area contributed by atoms with Crippen molar-refractivity contribution in [1.29, 1.82) is 0 Å². The maximum absolute atomic E-state index is 5.41. The highest BCUT2D eigenvalue weighted by atomic mass is 16.5. The van der Waals surface area contributed by atoms with Gasteiger partial charge in [0.15, 0.2) is 0 Å². The average molecular weight is 353 g/mol. The molecule has 0 amide bonds. The second-order valence-electron chi connectivity index (χ2n) is 6.02. The van der Waals surface area contributed by atoms with Crippen LogP contribution >= 0.6 is 0 Å². The minimum Gasteiger partial charge on any atom is -0.496 e. The van der Waals surface area contributed by atoms with Crippen molar-refractivity contribution < 1.29 is 4.74 Å². The standard InChI is InChI=1S/C23H19N3O/c1-27-20-10-6-5-7-17(20)11-12-21-25-22(18-8-3-2-4-9-18)23(26-21)19-13-15-24-16-14-19/h2-16H,1H3,(H,25,26)/b12-11+. The zero-order chi connectivity index (χ0) is 18.5. The lowest BCUT2D eigenvalue weighted by molar-refractivity contribution is 0.414. The van der Waals surface area contributed by atoms with E-state index >= 15 is 0 Å². The van der Waals surface area contributed by atoms with E-state index in [4.69, 9.17) is 9.72 Å². The third-order valence-electron chi connectivity index (χ3n) is 4.30. The maximum Gasteiger partial charge on any atom is 0.131 e. The molecule has 0 aliphatic heterocycles. The summed E-state index contributed by atoms with van der Waals surface area (Å²) in [6.45, 7) is 0. The van der Waals surface area contributed by atoms with Gasteiger partial charge in [-0.2, -0.15) is 0 Å². The first kappa shape index (κ1) is 16.8. The van der Waals surface area contributed by atoms with Gasteiger partial charge in [-0.25, -0.2) is 4.98 Å². The molecular weight excluding hydrogens is 334 g/mol. The second kappa shape index (κ2) is 7.70. The first-order valence-electron chi connectivity index (χ1n) is 8.72. The molecule has 2 aromatic heterocycles. The van der Waals surface area contributed by atoms with E-state index in [-0.39, 0.29) is 0 Å². The van der Waals surface area contributed by atoms with Gasteiger partial charge in [-0.3, -0.25) is 4.98 Å². The van der Waals surface area contributed by atoms with Gasteiger partial charge in [0.05, 0.1) is 18.5 Å². The van der Waals surface area contributed by atoms with Crippen LogP contribution in [0.3, 0.4) is 0 Å². The van der Waals surface area contributed by atoms with Crippen LogP contribution in [0.5, 0.6) is 5.75 Å². The van der Waals surface area contributed by atoms with Crippen LogP contribution in [0.25, 0.3) is 34.7 Å². The molecule has 0 saturated carbocycles. The highest BCUT2D eigenvalue weighted by molar-refractivity contribution is 5.80. The van der Waals surface area contributed by atoms with Gasteiger partial charge >= 0.3 is 0 Å². The number of hydrogen-bond donors (Lipinski definition) is 1. The van der Waals surface area contributed by atoms with E-state index in [1.54, 1.807) is 19.5 Å². The molecule has 1 N–H and O–H groups in total. The molecule has 2 aromatic carbocycles. The summed E-state index contributed by atoms with van der Waals surface area (Å²) in [5.41, 5.74) is 5.01. The van der Waals surface area contributed by atoms with Gasteiger partial charge < -0.3 is 9.72 Å². The molecule has 4 heteroatoms. The van der Waals surface area contributed by atoms with E-state index in [1.165, 1.54) is 0 Å². The lowest BCUT2D eigenvalue weighted by Gasteiger charge is -2.02. The van der Waals surface area contributed by atoms with E-state index in [1.807, 2.05) is 66.7 Å². The summed E-state index contributed by atoms with van der Waals surface area (Å²) < 4.78 is 5.41. The van der Waals surface area contributed by atoms with Crippen molar-refractivity contribution in [2.45, 2.75) is 0 Å². The van der Waals surface area contributed by atoms with E-state index in [0.717, 1.165) is 39.7 Å². The Kier molecular flexibility index (Phi) is 4.79. The average Bonchev–Trinajstić information content (AvgIpc) is 3.18. The summed E-state index contributed by atoms with van der Waals surface area (Å²) in [7, 11) is 1.68. The van der Waals surface area contributed by atoms with Crippen molar-refractivity contribution in [2.24, 2.45) is 0 Å². The van der Waals surface area contributed by atoms with Crippen LogP contribution < -0.4 is 4.74 Å². The molecule has 0 atom stereocenters. The monoisotopic (exact) mass is 353 g/mol.